The second-order valence-electron chi connectivity index (χ2n) is 7.68. The van der Waals surface area contributed by atoms with Crippen LogP contribution < -0.4 is 0 Å². The Morgan fingerprint density at radius 1 is 0.885 bits per heavy atom. The molecule has 1 aromatic rings. The van der Waals surface area contributed by atoms with Crippen LogP contribution in [-0.4, -0.2) is 27.0 Å². The van der Waals surface area contributed by atoms with Gasteiger partial charge in [-0.05, 0) is 39.0 Å². The Hall–Kier alpha value is -1.28. The normalized spacial score (nSPS) is 23.0. The van der Waals surface area contributed by atoms with Gasteiger partial charge >= 0.3 is 0 Å². The van der Waals surface area contributed by atoms with Gasteiger partial charge in [-0.15, -0.1) is 0 Å². The third kappa shape index (κ3) is 4.52. The monoisotopic (exact) mass is 397 g/mol. The number of hydrogen-bond donors (Lipinski definition) is 0. The fourth-order valence-corrected chi connectivity index (χ4v) is 4.12. The summed E-state index contributed by atoms with van der Waals surface area (Å²) in [6.45, 7) is 25.7. The molecule has 0 N–H and O–H groups in total. The van der Waals surface area contributed by atoms with Gasteiger partial charge < -0.3 is 19.1 Å². The molecule has 26 heavy (non-hydrogen) atoms. The summed E-state index contributed by atoms with van der Waals surface area (Å²) in [5.41, 5.74) is 6.57. The fourth-order valence-electron chi connectivity index (χ4n) is 4.12. The maximum atomic E-state index is 7.75. The summed E-state index contributed by atoms with van der Waals surface area (Å²) in [4.78, 5) is 23.2. The van der Waals surface area contributed by atoms with Crippen LogP contribution in [0.3, 0.4) is 0 Å². The molecule has 0 spiro atoms. The summed E-state index contributed by atoms with van der Waals surface area (Å²) < 4.78 is 5.71. The SMILES string of the molecule is CC1COCc2cc3c(cc21)C(C)(C)C(C)C3(C)C.[CH-]=O.[CH-]=O.[CH-]=O.[Cr]. The van der Waals surface area contributed by atoms with Crippen molar-refractivity contribution in [3.05, 3.63) is 34.4 Å². The van der Waals surface area contributed by atoms with Crippen LogP contribution in [0.4, 0.5) is 0 Å². The van der Waals surface area contributed by atoms with Crippen LogP contribution in [0, 0.1) is 5.92 Å². The second kappa shape index (κ2) is 10.8. The molecule has 2 aliphatic rings. The molecular weight excluding hydrogens is 368 g/mol. The van der Waals surface area contributed by atoms with Crippen LogP contribution in [0.2, 0.25) is 0 Å². The molecule has 2 atom stereocenters. The van der Waals surface area contributed by atoms with Gasteiger partial charge in [0.05, 0.1) is 13.2 Å². The Morgan fingerprint density at radius 3 is 1.77 bits per heavy atom. The van der Waals surface area contributed by atoms with Crippen LogP contribution >= 0.6 is 0 Å². The first kappa shape index (κ1) is 26.9. The van der Waals surface area contributed by atoms with E-state index in [4.69, 9.17) is 19.1 Å². The molecule has 5 heteroatoms. The summed E-state index contributed by atoms with van der Waals surface area (Å²) in [6, 6.07) is 4.93. The van der Waals surface area contributed by atoms with Crippen molar-refractivity contribution in [3.8, 4) is 0 Å². The van der Waals surface area contributed by atoms with Gasteiger partial charge in [0.15, 0.2) is 0 Å². The fraction of sp³-hybridized carbons (Fsp3) is 0.571. The third-order valence-electron chi connectivity index (χ3n) is 5.99. The molecule has 0 radical (unpaired) electrons. The standard InChI is InChI=1S/C18H26O.3CHO.Cr/c1-11-9-19-10-13-7-15-16(8-14(11)13)18(5,6)12(2)17(15,3)4;3*1-2;/h7-8,11-12H,9-10H2,1-6H3;3*1H;/q;3*-1;. The van der Waals surface area contributed by atoms with E-state index < -0.39 is 0 Å². The van der Waals surface area contributed by atoms with E-state index in [0.717, 1.165) is 13.2 Å². The van der Waals surface area contributed by atoms with Gasteiger partial charge in [0.25, 0.3) is 0 Å². The van der Waals surface area contributed by atoms with Crippen molar-refractivity contribution in [2.24, 2.45) is 5.92 Å². The number of hydrogen-bond acceptors (Lipinski definition) is 4. The van der Waals surface area contributed by atoms with Gasteiger partial charge in [0.1, 0.15) is 0 Å². The zero-order valence-electron chi connectivity index (χ0n) is 16.5. The van der Waals surface area contributed by atoms with Gasteiger partial charge in [-0.1, -0.05) is 53.7 Å². The molecule has 4 nitrogen and oxygen atoms in total. The van der Waals surface area contributed by atoms with Gasteiger partial charge in [-0.3, -0.25) is 20.4 Å². The Labute approximate surface area is 168 Å². The molecule has 1 aromatic carbocycles. The van der Waals surface area contributed by atoms with Crippen molar-refractivity contribution in [2.45, 2.75) is 64.9 Å². The maximum Gasteiger partial charge on any atom is 0.0720 e. The summed E-state index contributed by atoms with van der Waals surface area (Å²) in [7, 11) is 0. The molecule has 146 valence electrons. The van der Waals surface area contributed by atoms with Crippen molar-refractivity contribution >= 4 is 20.4 Å². The molecule has 1 aliphatic heterocycles. The van der Waals surface area contributed by atoms with Crippen LogP contribution in [-0.2, 0) is 53.9 Å². The molecule has 0 fully saturated rings. The smallest absolute Gasteiger partial charge is 0.0720 e. The number of fused-ring (bicyclic) bond motifs is 2. The zero-order valence-corrected chi connectivity index (χ0v) is 17.8. The molecule has 0 saturated heterocycles. The topological polar surface area (TPSA) is 60.4 Å². The van der Waals surface area contributed by atoms with E-state index in [1.54, 1.807) is 11.1 Å². The van der Waals surface area contributed by atoms with Crippen LogP contribution in [0.5, 0.6) is 0 Å². The maximum absolute atomic E-state index is 7.75. The minimum Gasteiger partial charge on any atom is -0.545 e. The number of rotatable bonds is 0. The van der Waals surface area contributed by atoms with E-state index in [2.05, 4.69) is 74.0 Å². The Bertz CT molecular complexity index is 579. The average molecular weight is 397 g/mol. The number of benzene rings is 1. The van der Waals surface area contributed by atoms with Gasteiger partial charge in [-0.25, -0.2) is 0 Å². The van der Waals surface area contributed by atoms with Crippen molar-refractivity contribution in [1.82, 2.24) is 0 Å². The van der Waals surface area contributed by atoms with E-state index in [1.165, 1.54) is 11.1 Å². The van der Waals surface area contributed by atoms with E-state index in [9.17, 15) is 0 Å². The third-order valence-corrected chi connectivity index (χ3v) is 5.99. The average Bonchev–Trinajstić information content (AvgIpc) is 2.77. The predicted molar refractivity (Wildman–Crippen MR) is 100.0 cm³/mol. The summed E-state index contributed by atoms with van der Waals surface area (Å²) in [5.74, 6) is 1.19. The Balaban J connectivity index is 0. The van der Waals surface area contributed by atoms with Crippen molar-refractivity contribution in [3.63, 3.8) is 0 Å². The molecule has 1 heterocycles. The molecule has 0 aromatic heterocycles. The summed E-state index contributed by atoms with van der Waals surface area (Å²) >= 11 is 0. The molecule has 0 saturated carbocycles. The van der Waals surface area contributed by atoms with Crippen LogP contribution in [0.15, 0.2) is 12.1 Å². The molecule has 3 rings (SSSR count). The van der Waals surface area contributed by atoms with E-state index in [0.29, 0.717) is 11.8 Å². The van der Waals surface area contributed by atoms with Gasteiger partial charge in [0.2, 0.25) is 0 Å². The quantitative estimate of drug-likeness (QED) is 0.495. The second-order valence-corrected chi connectivity index (χ2v) is 7.68. The van der Waals surface area contributed by atoms with E-state index >= 15 is 0 Å². The van der Waals surface area contributed by atoms with Gasteiger partial charge in [-0.2, -0.15) is 0 Å². The largest absolute Gasteiger partial charge is 0.545 e. The van der Waals surface area contributed by atoms with Crippen LogP contribution in [0.25, 0.3) is 0 Å². The number of carbonyl (C=O) groups excluding carboxylic acids is 3. The predicted octanol–water partition coefficient (Wildman–Crippen LogP) is 3.70. The summed E-state index contributed by atoms with van der Waals surface area (Å²) in [5, 5.41) is 0. The minimum absolute atomic E-state index is 0. The molecule has 0 bridgehead atoms. The number of ether oxygens (including phenoxy) is 1. The summed E-state index contributed by atoms with van der Waals surface area (Å²) in [6.07, 6.45) is 0. The Morgan fingerprint density at radius 2 is 1.31 bits per heavy atom. The first-order chi connectivity index (χ1) is 11.8. The van der Waals surface area contributed by atoms with E-state index in [1.807, 2.05) is 0 Å². The molecule has 2 unspecified atom stereocenters. The Kier molecular flexibility index (Phi) is 11.2. The minimum atomic E-state index is 0. The van der Waals surface area contributed by atoms with Crippen molar-refractivity contribution in [1.29, 1.82) is 0 Å². The first-order valence-corrected chi connectivity index (χ1v) is 8.22. The zero-order chi connectivity index (χ0) is 20.0. The molecular formula is C21H29CrO4-3. The molecule has 0 amide bonds. The molecule has 1 aliphatic carbocycles. The van der Waals surface area contributed by atoms with Crippen LogP contribution in [0.1, 0.15) is 69.7 Å². The first-order valence-electron chi connectivity index (χ1n) is 8.22. The van der Waals surface area contributed by atoms with Crippen molar-refractivity contribution < 1.29 is 36.5 Å². The van der Waals surface area contributed by atoms with E-state index in [-0.39, 0.29) is 28.2 Å². The van der Waals surface area contributed by atoms with Gasteiger partial charge in [0, 0.05) is 23.3 Å². The van der Waals surface area contributed by atoms with Crippen molar-refractivity contribution in [2.75, 3.05) is 6.61 Å².